The van der Waals surface area contributed by atoms with Crippen LogP contribution in [-0.4, -0.2) is 22.9 Å². The zero-order valence-corrected chi connectivity index (χ0v) is 9.09. The molecule has 0 unspecified atom stereocenters. The van der Waals surface area contributed by atoms with Crippen LogP contribution in [0.25, 0.3) is 11.1 Å². The zero-order valence-electron chi connectivity index (χ0n) is 9.09. The molecule has 92 valence electrons. The van der Waals surface area contributed by atoms with Crippen molar-refractivity contribution in [3.05, 3.63) is 42.5 Å². The van der Waals surface area contributed by atoms with Gasteiger partial charge < -0.3 is 4.74 Å². The van der Waals surface area contributed by atoms with Crippen molar-refractivity contribution in [3.63, 3.8) is 0 Å². The van der Waals surface area contributed by atoms with Crippen molar-refractivity contribution in [2.24, 2.45) is 0 Å². The third kappa shape index (κ3) is 2.65. The molecule has 0 aliphatic rings. The molecule has 18 heavy (non-hydrogen) atoms. The van der Waals surface area contributed by atoms with Crippen LogP contribution in [0.4, 0.5) is 8.78 Å². The SMILES string of the molecule is O=Cc1ccc(OC(F)F)c(-c2cncnc2)c1. The monoisotopic (exact) mass is 250 g/mol. The quantitative estimate of drug-likeness (QED) is 0.782. The fourth-order valence-corrected chi connectivity index (χ4v) is 1.48. The number of carbonyl (C=O) groups is 1. The summed E-state index contributed by atoms with van der Waals surface area (Å²) in [5.74, 6) is -0.0228. The highest BCUT2D eigenvalue weighted by Crippen LogP contribution is 2.30. The molecule has 0 aliphatic heterocycles. The largest absolute Gasteiger partial charge is 0.434 e. The predicted molar refractivity (Wildman–Crippen MR) is 59.5 cm³/mol. The molecule has 0 atom stereocenters. The summed E-state index contributed by atoms with van der Waals surface area (Å²) in [6.07, 6.45) is 4.85. The van der Waals surface area contributed by atoms with Crippen molar-refractivity contribution < 1.29 is 18.3 Å². The summed E-state index contributed by atoms with van der Waals surface area (Å²) in [4.78, 5) is 18.3. The van der Waals surface area contributed by atoms with E-state index < -0.39 is 6.61 Å². The van der Waals surface area contributed by atoms with E-state index in [2.05, 4.69) is 14.7 Å². The van der Waals surface area contributed by atoms with Crippen molar-refractivity contribution >= 4 is 6.29 Å². The van der Waals surface area contributed by atoms with E-state index in [0.29, 0.717) is 23.0 Å². The summed E-state index contributed by atoms with van der Waals surface area (Å²) in [5.41, 5.74) is 1.20. The molecule has 1 heterocycles. The maximum absolute atomic E-state index is 12.3. The van der Waals surface area contributed by atoms with Gasteiger partial charge in [-0.1, -0.05) is 0 Å². The van der Waals surface area contributed by atoms with Crippen LogP contribution >= 0.6 is 0 Å². The van der Waals surface area contributed by atoms with Gasteiger partial charge in [0.25, 0.3) is 0 Å². The van der Waals surface area contributed by atoms with E-state index >= 15 is 0 Å². The Labute approximate surface area is 101 Å². The summed E-state index contributed by atoms with van der Waals surface area (Å²) < 4.78 is 28.9. The Kier molecular flexibility index (Phi) is 3.57. The van der Waals surface area contributed by atoms with E-state index in [0.717, 1.165) is 0 Å². The molecule has 0 bridgehead atoms. The highest BCUT2D eigenvalue weighted by molar-refractivity contribution is 5.81. The normalized spacial score (nSPS) is 10.4. The summed E-state index contributed by atoms with van der Waals surface area (Å²) in [5, 5.41) is 0. The molecule has 1 aromatic carbocycles. The van der Waals surface area contributed by atoms with Crippen LogP contribution in [0.2, 0.25) is 0 Å². The number of carbonyl (C=O) groups excluding carboxylic acids is 1. The number of benzene rings is 1. The summed E-state index contributed by atoms with van der Waals surface area (Å²) in [6, 6.07) is 4.17. The van der Waals surface area contributed by atoms with E-state index in [1.54, 1.807) is 0 Å². The van der Waals surface area contributed by atoms with Gasteiger partial charge in [0.2, 0.25) is 0 Å². The molecule has 4 nitrogen and oxygen atoms in total. The van der Waals surface area contributed by atoms with Crippen LogP contribution in [-0.2, 0) is 0 Å². The molecule has 1 aromatic heterocycles. The average Bonchev–Trinajstić information content (AvgIpc) is 2.39. The molecular formula is C12H8F2N2O2. The standard InChI is InChI=1S/C12H8F2N2O2/c13-12(14)18-11-2-1-8(6-17)3-10(11)9-4-15-7-16-5-9/h1-7,12H. The van der Waals surface area contributed by atoms with Crippen LogP contribution in [0.15, 0.2) is 36.9 Å². The molecule has 0 aliphatic carbocycles. The van der Waals surface area contributed by atoms with Crippen LogP contribution in [0.3, 0.4) is 0 Å². The summed E-state index contributed by atoms with van der Waals surface area (Å²) in [6.45, 7) is -2.93. The van der Waals surface area contributed by atoms with E-state index in [9.17, 15) is 13.6 Å². The highest BCUT2D eigenvalue weighted by Gasteiger charge is 2.12. The fourth-order valence-electron chi connectivity index (χ4n) is 1.48. The minimum atomic E-state index is -2.93. The van der Waals surface area contributed by atoms with Crippen LogP contribution in [0.5, 0.6) is 5.75 Å². The summed E-state index contributed by atoms with van der Waals surface area (Å²) >= 11 is 0. The van der Waals surface area contributed by atoms with Crippen molar-refractivity contribution in [3.8, 4) is 16.9 Å². The number of ether oxygens (including phenoxy) is 1. The maximum Gasteiger partial charge on any atom is 0.387 e. The maximum atomic E-state index is 12.3. The van der Waals surface area contributed by atoms with Gasteiger partial charge in [-0.3, -0.25) is 4.79 Å². The number of hydrogen-bond acceptors (Lipinski definition) is 4. The zero-order chi connectivity index (χ0) is 13.0. The fraction of sp³-hybridized carbons (Fsp3) is 0.0833. The Morgan fingerprint density at radius 2 is 1.94 bits per heavy atom. The average molecular weight is 250 g/mol. The smallest absolute Gasteiger partial charge is 0.387 e. The number of aromatic nitrogens is 2. The first-order valence-corrected chi connectivity index (χ1v) is 5.00. The molecule has 0 radical (unpaired) electrons. The van der Waals surface area contributed by atoms with Gasteiger partial charge in [0, 0.05) is 29.1 Å². The molecule has 2 rings (SSSR count). The molecule has 0 amide bonds. The van der Waals surface area contributed by atoms with E-state index in [4.69, 9.17) is 0 Å². The first-order chi connectivity index (χ1) is 8.70. The van der Waals surface area contributed by atoms with Gasteiger partial charge in [0.1, 0.15) is 18.4 Å². The van der Waals surface area contributed by atoms with Gasteiger partial charge in [-0.05, 0) is 18.2 Å². The highest BCUT2D eigenvalue weighted by atomic mass is 19.3. The van der Waals surface area contributed by atoms with Gasteiger partial charge in [-0.2, -0.15) is 8.78 Å². The molecule has 0 fully saturated rings. The second-order valence-electron chi connectivity index (χ2n) is 3.38. The van der Waals surface area contributed by atoms with Crippen molar-refractivity contribution in [2.45, 2.75) is 6.61 Å². The Balaban J connectivity index is 2.51. The Morgan fingerprint density at radius 1 is 1.22 bits per heavy atom. The first-order valence-electron chi connectivity index (χ1n) is 5.00. The molecule has 0 spiro atoms. The minimum Gasteiger partial charge on any atom is -0.434 e. The molecular weight excluding hydrogens is 242 g/mol. The van der Waals surface area contributed by atoms with Gasteiger partial charge in [-0.25, -0.2) is 9.97 Å². The van der Waals surface area contributed by atoms with Gasteiger partial charge >= 0.3 is 6.61 Å². The topological polar surface area (TPSA) is 52.1 Å². The lowest BCUT2D eigenvalue weighted by molar-refractivity contribution is -0.0494. The lowest BCUT2D eigenvalue weighted by atomic mass is 10.1. The lowest BCUT2D eigenvalue weighted by Crippen LogP contribution is -2.03. The third-order valence-electron chi connectivity index (χ3n) is 2.23. The Hall–Kier alpha value is -2.37. The molecule has 2 aromatic rings. The lowest BCUT2D eigenvalue weighted by Gasteiger charge is -2.10. The predicted octanol–water partition coefficient (Wildman–Crippen LogP) is 2.56. The number of halogens is 2. The number of alkyl halides is 2. The van der Waals surface area contributed by atoms with Gasteiger partial charge in [-0.15, -0.1) is 0 Å². The Morgan fingerprint density at radius 3 is 2.56 bits per heavy atom. The van der Waals surface area contributed by atoms with Gasteiger partial charge in [0.15, 0.2) is 0 Å². The molecule has 0 N–H and O–H groups in total. The number of aldehydes is 1. The van der Waals surface area contributed by atoms with E-state index in [1.807, 2.05) is 0 Å². The molecule has 0 saturated carbocycles. The van der Waals surface area contributed by atoms with Crippen molar-refractivity contribution in [2.75, 3.05) is 0 Å². The van der Waals surface area contributed by atoms with Crippen LogP contribution in [0, 0.1) is 0 Å². The van der Waals surface area contributed by atoms with E-state index in [-0.39, 0.29) is 5.75 Å². The first kappa shape index (κ1) is 12.1. The Bertz CT molecular complexity index is 547. The number of rotatable bonds is 4. The molecule has 0 saturated heterocycles. The second-order valence-corrected chi connectivity index (χ2v) is 3.38. The number of hydrogen-bond donors (Lipinski definition) is 0. The minimum absolute atomic E-state index is 0.0228. The van der Waals surface area contributed by atoms with Crippen molar-refractivity contribution in [1.82, 2.24) is 9.97 Å². The second kappa shape index (κ2) is 5.31. The van der Waals surface area contributed by atoms with Gasteiger partial charge in [0.05, 0.1) is 0 Å². The van der Waals surface area contributed by atoms with Crippen LogP contribution < -0.4 is 4.74 Å². The number of nitrogens with zero attached hydrogens (tertiary/aromatic N) is 2. The molecule has 6 heteroatoms. The van der Waals surface area contributed by atoms with E-state index in [1.165, 1.54) is 36.9 Å². The third-order valence-corrected chi connectivity index (χ3v) is 2.23. The van der Waals surface area contributed by atoms with Crippen LogP contribution in [0.1, 0.15) is 10.4 Å². The van der Waals surface area contributed by atoms with Crippen molar-refractivity contribution in [1.29, 1.82) is 0 Å². The summed E-state index contributed by atoms with van der Waals surface area (Å²) in [7, 11) is 0.